The number of nitrogens with zero attached hydrogens (tertiary/aromatic N) is 2. The number of morpholine rings is 1. The van der Waals surface area contributed by atoms with Crippen LogP contribution in [-0.2, 0) is 11.2 Å². The third-order valence-electron chi connectivity index (χ3n) is 5.26. The fraction of sp³-hybridized carbons (Fsp3) is 0.500. The summed E-state index contributed by atoms with van der Waals surface area (Å²) >= 11 is 0. The standard InChI is InChI=1S/C20H29N5O/c1-20(5-6-20)13-14-3-4-16(21)15(11-14)19(23)17(22)12-18(24-2)25-7-9-26-10-8-25/h3-4,11-12,23H,5-10,13,21-22H2,1-2H3. The number of rotatable bonds is 5. The first-order valence-electron chi connectivity index (χ1n) is 9.16. The van der Waals surface area contributed by atoms with Gasteiger partial charge in [-0.3, -0.25) is 10.4 Å². The van der Waals surface area contributed by atoms with Gasteiger partial charge in [-0.2, -0.15) is 0 Å². The average Bonchev–Trinajstić information content (AvgIpc) is 3.38. The molecule has 0 unspecified atom stereocenters. The number of allylic oxidation sites excluding steroid dienone is 1. The zero-order valence-electron chi connectivity index (χ0n) is 15.7. The van der Waals surface area contributed by atoms with Crippen LogP contribution in [0.3, 0.4) is 0 Å². The SMILES string of the molecule is CN=C(C=C(N)C(=N)c1cc(CC2(C)CC2)ccc1N)N1CCOCC1. The molecule has 2 aliphatic rings. The van der Waals surface area contributed by atoms with Crippen molar-refractivity contribution in [2.24, 2.45) is 16.1 Å². The molecule has 2 fully saturated rings. The number of hydrogen-bond donors (Lipinski definition) is 3. The van der Waals surface area contributed by atoms with Gasteiger partial charge in [0, 0.05) is 37.5 Å². The van der Waals surface area contributed by atoms with Crippen LogP contribution in [0.2, 0.25) is 0 Å². The van der Waals surface area contributed by atoms with E-state index in [9.17, 15) is 0 Å². The summed E-state index contributed by atoms with van der Waals surface area (Å²) in [5, 5.41) is 8.53. The quantitative estimate of drug-likeness (QED) is 0.428. The largest absolute Gasteiger partial charge is 0.398 e. The molecular weight excluding hydrogens is 326 g/mol. The minimum absolute atomic E-state index is 0.250. The van der Waals surface area contributed by atoms with E-state index in [0.717, 1.165) is 25.3 Å². The van der Waals surface area contributed by atoms with E-state index in [1.54, 1.807) is 13.1 Å². The summed E-state index contributed by atoms with van der Waals surface area (Å²) in [7, 11) is 1.74. The van der Waals surface area contributed by atoms with Gasteiger partial charge in [-0.05, 0) is 42.4 Å². The van der Waals surface area contributed by atoms with Gasteiger partial charge in [0.15, 0.2) is 0 Å². The van der Waals surface area contributed by atoms with E-state index in [1.165, 1.54) is 18.4 Å². The molecule has 6 heteroatoms. The molecule has 1 aromatic carbocycles. The Balaban J connectivity index is 1.79. The van der Waals surface area contributed by atoms with Gasteiger partial charge in [0.05, 0.1) is 24.6 Å². The Kier molecular flexibility index (Phi) is 5.32. The lowest BCUT2D eigenvalue weighted by Crippen LogP contribution is -2.40. The van der Waals surface area contributed by atoms with Crippen LogP contribution in [0.1, 0.15) is 30.9 Å². The highest BCUT2D eigenvalue weighted by atomic mass is 16.5. The van der Waals surface area contributed by atoms with Crippen LogP contribution >= 0.6 is 0 Å². The normalized spacial score (nSPS) is 20.2. The van der Waals surface area contributed by atoms with Crippen molar-refractivity contribution >= 4 is 17.2 Å². The van der Waals surface area contributed by atoms with Gasteiger partial charge in [-0.15, -0.1) is 0 Å². The van der Waals surface area contributed by atoms with Crippen molar-refractivity contribution in [3.8, 4) is 0 Å². The van der Waals surface area contributed by atoms with Crippen LogP contribution in [-0.4, -0.2) is 49.8 Å². The number of ether oxygens (including phenoxy) is 1. The molecule has 5 N–H and O–H groups in total. The van der Waals surface area contributed by atoms with Crippen molar-refractivity contribution in [2.45, 2.75) is 26.2 Å². The molecule has 1 aliphatic heterocycles. The second-order valence-corrected chi connectivity index (χ2v) is 7.56. The van der Waals surface area contributed by atoms with Gasteiger partial charge in [0.1, 0.15) is 5.84 Å². The average molecular weight is 355 g/mol. The number of hydrogen-bond acceptors (Lipinski definition) is 5. The second-order valence-electron chi connectivity index (χ2n) is 7.56. The lowest BCUT2D eigenvalue weighted by atomic mass is 9.95. The van der Waals surface area contributed by atoms with Crippen LogP contribution in [0.5, 0.6) is 0 Å². The molecule has 0 atom stereocenters. The van der Waals surface area contributed by atoms with E-state index in [-0.39, 0.29) is 5.71 Å². The smallest absolute Gasteiger partial charge is 0.125 e. The number of amidine groups is 1. The van der Waals surface area contributed by atoms with Crippen molar-refractivity contribution in [3.63, 3.8) is 0 Å². The fourth-order valence-corrected chi connectivity index (χ4v) is 3.27. The Labute approximate surface area is 155 Å². The summed E-state index contributed by atoms with van der Waals surface area (Å²) in [4.78, 5) is 6.45. The maximum atomic E-state index is 8.53. The first-order valence-corrected chi connectivity index (χ1v) is 9.16. The maximum absolute atomic E-state index is 8.53. The molecule has 26 heavy (non-hydrogen) atoms. The van der Waals surface area contributed by atoms with Gasteiger partial charge >= 0.3 is 0 Å². The summed E-state index contributed by atoms with van der Waals surface area (Å²) in [5.74, 6) is 0.774. The van der Waals surface area contributed by atoms with Crippen LogP contribution in [0.25, 0.3) is 0 Å². The Morgan fingerprint density at radius 3 is 2.65 bits per heavy atom. The number of nitrogens with two attached hydrogens (primary N) is 2. The zero-order valence-corrected chi connectivity index (χ0v) is 15.7. The van der Waals surface area contributed by atoms with E-state index in [4.69, 9.17) is 21.6 Å². The molecular formula is C20H29N5O. The Bertz CT molecular complexity index is 743. The predicted octanol–water partition coefficient (Wildman–Crippen LogP) is 2.18. The van der Waals surface area contributed by atoms with Gasteiger partial charge in [-0.1, -0.05) is 13.0 Å². The van der Waals surface area contributed by atoms with Crippen molar-refractivity contribution in [3.05, 3.63) is 41.1 Å². The van der Waals surface area contributed by atoms with Gasteiger partial charge in [0.2, 0.25) is 0 Å². The van der Waals surface area contributed by atoms with Crippen molar-refractivity contribution < 1.29 is 4.74 Å². The molecule has 1 saturated carbocycles. The molecule has 6 nitrogen and oxygen atoms in total. The molecule has 1 heterocycles. The topological polar surface area (TPSA) is 101 Å². The number of anilines is 1. The molecule has 0 aromatic heterocycles. The number of nitrogen functional groups attached to an aromatic ring is 1. The highest BCUT2D eigenvalue weighted by Gasteiger charge is 2.37. The number of nitrogens with one attached hydrogen (secondary N) is 1. The Morgan fingerprint density at radius 1 is 1.35 bits per heavy atom. The summed E-state index contributed by atoms with van der Waals surface area (Å²) in [5.41, 5.74) is 15.9. The maximum Gasteiger partial charge on any atom is 0.125 e. The minimum Gasteiger partial charge on any atom is -0.398 e. The molecule has 1 saturated heterocycles. The molecule has 0 spiro atoms. The van der Waals surface area contributed by atoms with E-state index in [0.29, 0.717) is 35.6 Å². The van der Waals surface area contributed by atoms with Crippen molar-refractivity contribution in [1.82, 2.24) is 4.90 Å². The Hall–Kier alpha value is -2.34. The van der Waals surface area contributed by atoms with E-state index in [1.807, 2.05) is 12.1 Å². The molecule has 140 valence electrons. The number of aliphatic imine (C=N–C) groups is 1. The van der Waals surface area contributed by atoms with Gasteiger partial charge in [0.25, 0.3) is 0 Å². The first-order chi connectivity index (χ1) is 12.4. The lowest BCUT2D eigenvalue weighted by molar-refractivity contribution is 0.0684. The molecule has 1 aromatic rings. The first kappa shape index (κ1) is 18.5. The van der Waals surface area contributed by atoms with E-state index >= 15 is 0 Å². The second kappa shape index (κ2) is 7.50. The van der Waals surface area contributed by atoms with Gasteiger partial charge < -0.3 is 21.1 Å². The van der Waals surface area contributed by atoms with Crippen LogP contribution in [0.15, 0.2) is 35.0 Å². The Morgan fingerprint density at radius 2 is 2.04 bits per heavy atom. The monoisotopic (exact) mass is 355 g/mol. The van der Waals surface area contributed by atoms with Crippen LogP contribution in [0.4, 0.5) is 5.69 Å². The molecule has 0 amide bonds. The number of benzene rings is 1. The third-order valence-corrected chi connectivity index (χ3v) is 5.26. The van der Waals surface area contributed by atoms with Crippen molar-refractivity contribution in [1.29, 1.82) is 5.41 Å². The minimum atomic E-state index is 0.250. The van der Waals surface area contributed by atoms with Crippen LogP contribution < -0.4 is 11.5 Å². The molecule has 0 bridgehead atoms. The van der Waals surface area contributed by atoms with Gasteiger partial charge in [-0.25, -0.2) is 0 Å². The predicted molar refractivity (Wildman–Crippen MR) is 107 cm³/mol. The van der Waals surface area contributed by atoms with E-state index < -0.39 is 0 Å². The van der Waals surface area contributed by atoms with Crippen molar-refractivity contribution in [2.75, 3.05) is 39.1 Å². The highest BCUT2D eigenvalue weighted by molar-refractivity contribution is 6.15. The summed E-state index contributed by atoms with van der Waals surface area (Å²) < 4.78 is 5.38. The molecule has 0 radical (unpaired) electrons. The molecule has 1 aliphatic carbocycles. The zero-order chi connectivity index (χ0) is 18.7. The van der Waals surface area contributed by atoms with Crippen LogP contribution in [0, 0.1) is 10.8 Å². The summed E-state index contributed by atoms with van der Waals surface area (Å²) in [6.07, 6.45) is 5.32. The summed E-state index contributed by atoms with van der Waals surface area (Å²) in [6, 6.07) is 5.96. The fourth-order valence-electron chi connectivity index (χ4n) is 3.27. The third kappa shape index (κ3) is 4.25. The summed E-state index contributed by atoms with van der Waals surface area (Å²) in [6.45, 7) is 5.21. The van der Waals surface area contributed by atoms with E-state index in [2.05, 4.69) is 22.9 Å². The molecule has 3 rings (SSSR count). The lowest BCUT2D eigenvalue weighted by Gasteiger charge is -2.28. The highest BCUT2D eigenvalue weighted by Crippen LogP contribution is 2.47.